The van der Waals surface area contributed by atoms with Crippen LogP contribution in [0.3, 0.4) is 0 Å². The predicted octanol–water partition coefficient (Wildman–Crippen LogP) is 4.33. The molecule has 0 aliphatic carbocycles. The second kappa shape index (κ2) is 6.97. The molecule has 0 amide bonds. The molecule has 1 heterocycles. The second-order valence-electron chi connectivity index (χ2n) is 6.46. The van der Waals surface area contributed by atoms with Gasteiger partial charge in [-0.15, -0.1) is 0 Å². The SMILES string of the molecule is CCC(C)C1CN(c2cc(Cl)ccc2F)C(C(C)C)CN1. The molecule has 1 aliphatic rings. The number of piperazine rings is 1. The van der Waals surface area contributed by atoms with Gasteiger partial charge < -0.3 is 10.2 Å². The molecule has 0 bridgehead atoms. The van der Waals surface area contributed by atoms with Crippen molar-refractivity contribution in [1.29, 1.82) is 0 Å². The molecule has 3 atom stereocenters. The first-order chi connectivity index (χ1) is 9.93. The van der Waals surface area contributed by atoms with Gasteiger partial charge in [-0.3, -0.25) is 0 Å². The summed E-state index contributed by atoms with van der Waals surface area (Å²) in [6.45, 7) is 10.5. The molecule has 1 aliphatic heterocycles. The molecule has 1 fully saturated rings. The number of hydrogen-bond acceptors (Lipinski definition) is 2. The van der Waals surface area contributed by atoms with Crippen molar-refractivity contribution in [2.24, 2.45) is 11.8 Å². The molecule has 2 rings (SSSR count). The molecule has 4 heteroatoms. The highest BCUT2D eigenvalue weighted by Crippen LogP contribution is 2.30. The number of halogens is 2. The Hall–Kier alpha value is -0.800. The van der Waals surface area contributed by atoms with E-state index in [1.807, 2.05) is 0 Å². The zero-order chi connectivity index (χ0) is 15.6. The Morgan fingerprint density at radius 3 is 2.71 bits per heavy atom. The summed E-state index contributed by atoms with van der Waals surface area (Å²) >= 11 is 6.08. The van der Waals surface area contributed by atoms with Gasteiger partial charge in [0.2, 0.25) is 0 Å². The maximum atomic E-state index is 14.3. The van der Waals surface area contributed by atoms with Gasteiger partial charge in [0.1, 0.15) is 5.82 Å². The Morgan fingerprint density at radius 2 is 2.10 bits per heavy atom. The van der Waals surface area contributed by atoms with E-state index in [-0.39, 0.29) is 5.82 Å². The summed E-state index contributed by atoms with van der Waals surface area (Å²) in [5, 5.41) is 4.23. The van der Waals surface area contributed by atoms with E-state index >= 15 is 0 Å². The van der Waals surface area contributed by atoms with Crippen molar-refractivity contribution in [2.75, 3.05) is 18.0 Å². The normalized spacial score (nSPS) is 24.4. The minimum Gasteiger partial charge on any atom is -0.363 e. The van der Waals surface area contributed by atoms with E-state index in [1.165, 1.54) is 6.07 Å². The van der Waals surface area contributed by atoms with Gasteiger partial charge in [0.25, 0.3) is 0 Å². The standard InChI is InChI=1S/C17H26ClFN2/c1-5-12(4)15-10-21(17(9-20-15)11(2)3)16-8-13(18)6-7-14(16)19/h6-8,11-12,15,17,20H,5,9-10H2,1-4H3. The molecule has 0 spiro atoms. The van der Waals surface area contributed by atoms with Crippen LogP contribution in [0.15, 0.2) is 18.2 Å². The van der Waals surface area contributed by atoms with E-state index in [1.54, 1.807) is 12.1 Å². The van der Waals surface area contributed by atoms with Crippen LogP contribution in [0.1, 0.15) is 34.1 Å². The zero-order valence-corrected chi connectivity index (χ0v) is 14.1. The molecular formula is C17H26ClFN2. The third-order valence-electron chi connectivity index (χ3n) is 4.70. The third kappa shape index (κ3) is 3.70. The summed E-state index contributed by atoms with van der Waals surface area (Å²) in [5.41, 5.74) is 0.635. The third-order valence-corrected chi connectivity index (χ3v) is 4.94. The van der Waals surface area contributed by atoms with Crippen molar-refractivity contribution in [2.45, 2.75) is 46.2 Å². The Kier molecular flexibility index (Phi) is 5.50. The van der Waals surface area contributed by atoms with Gasteiger partial charge in [-0.2, -0.15) is 0 Å². The van der Waals surface area contributed by atoms with Crippen LogP contribution < -0.4 is 10.2 Å². The molecule has 0 radical (unpaired) electrons. The van der Waals surface area contributed by atoms with Gasteiger partial charge in [-0.25, -0.2) is 4.39 Å². The lowest BCUT2D eigenvalue weighted by Gasteiger charge is -2.45. The molecule has 1 N–H and O–H groups in total. The Balaban J connectivity index is 2.31. The first-order valence-electron chi connectivity index (χ1n) is 7.89. The molecular weight excluding hydrogens is 287 g/mol. The van der Waals surface area contributed by atoms with Crippen molar-refractivity contribution >= 4 is 17.3 Å². The van der Waals surface area contributed by atoms with Crippen LogP contribution in [-0.4, -0.2) is 25.2 Å². The number of nitrogens with one attached hydrogen (secondary N) is 1. The quantitative estimate of drug-likeness (QED) is 0.890. The topological polar surface area (TPSA) is 15.3 Å². The fraction of sp³-hybridized carbons (Fsp3) is 0.647. The van der Waals surface area contributed by atoms with Gasteiger partial charge in [-0.05, 0) is 30.0 Å². The Bertz CT molecular complexity index is 478. The largest absolute Gasteiger partial charge is 0.363 e. The predicted molar refractivity (Wildman–Crippen MR) is 88.6 cm³/mol. The molecule has 0 aromatic heterocycles. The lowest BCUT2D eigenvalue weighted by molar-refractivity contribution is 0.280. The molecule has 118 valence electrons. The summed E-state index contributed by atoms with van der Waals surface area (Å²) < 4.78 is 14.3. The first-order valence-corrected chi connectivity index (χ1v) is 8.26. The van der Waals surface area contributed by atoms with Crippen molar-refractivity contribution in [3.63, 3.8) is 0 Å². The van der Waals surface area contributed by atoms with Crippen molar-refractivity contribution in [3.8, 4) is 0 Å². The highest BCUT2D eigenvalue weighted by molar-refractivity contribution is 6.30. The maximum Gasteiger partial charge on any atom is 0.146 e. The van der Waals surface area contributed by atoms with Crippen LogP contribution in [0.5, 0.6) is 0 Å². The highest BCUT2D eigenvalue weighted by Gasteiger charge is 2.33. The summed E-state index contributed by atoms with van der Waals surface area (Å²) in [6, 6.07) is 5.52. The number of nitrogens with zero attached hydrogens (tertiary/aromatic N) is 1. The lowest BCUT2D eigenvalue weighted by Crippen LogP contribution is -2.60. The van der Waals surface area contributed by atoms with Gasteiger partial charge >= 0.3 is 0 Å². The highest BCUT2D eigenvalue weighted by atomic mass is 35.5. The van der Waals surface area contributed by atoms with E-state index in [0.717, 1.165) is 19.5 Å². The zero-order valence-electron chi connectivity index (χ0n) is 13.4. The van der Waals surface area contributed by atoms with Crippen molar-refractivity contribution < 1.29 is 4.39 Å². The summed E-state index contributed by atoms with van der Waals surface area (Å²) in [7, 11) is 0. The number of benzene rings is 1. The van der Waals surface area contributed by atoms with E-state index < -0.39 is 0 Å². The average molecular weight is 313 g/mol. The van der Waals surface area contributed by atoms with Gasteiger partial charge in [0.05, 0.1) is 5.69 Å². The van der Waals surface area contributed by atoms with E-state index in [2.05, 4.69) is 37.9 Å². The monoisotopic (exact) mass is 312 g/mol. The van der Waals surface area contributed by atoms with Crippen LogP contribution in [0, 0.1) is 17.7 Å². The Morgan fingerprint density at radius 1 is 1.38 bits per heavy atom. The Labute approximate surface area is 132 Å². The lowest BCUT2D eigenvalue weighted by atomic mass is 9.91. The molecule has 1 aromatic rings. The van der Waals surface area contributed by atoms with Crippen LogP contribution in [0.25, 0.3) is 0 Å². The number of rotatable bonds is 4. The smallest absolute Gasteiger partial charge is 0.146 e. The molecule has 1 saturated heterocycles. The summed E-state index contributed by atoms with van der Waals surface area (Å²) in [4.78, 5) is 2.21. The van der Waals surface area contributed by atoms with Crippen molar-refractivity contribution in [1.82, 2.24) is 5.32 Å². The first kappa shape index (κ1) is 16.6. The molecule has 0 saturated carbocycles. The fourth-order valence-electron chi connectivity index (χ4n) is 3.04. The van der Waals surface area contributed by atoms with E-state index in [9.17, 15) is 4.39 Å². The van der Waals surface area contributed by atoms with E-state index in [0.29, 0.717) is 34.6 Å². The second-order valence-corrected chi connectivity index (χ2v) is 6.90. The fourth-order valence-corrected chi connectivity index (χ4v) is 3.20. The summed E-state index contributed by atoms with van der Waals surface area (Å²) in [6.07, 6.45) is 1.12. The van der Waals surface area contributed by atoms with Crippen molar-refractivity contribution in [3.05, 3.63) is 29.0 Å². The minimum atomic E-state index is -0.185. The summed E-state index contributed by atoms with van der Waals surface area (Å²) in [5.74, 6) is 0.839. The molecule has 3 unspecified atom stereocenters. The number of anilines is 1. The molecule has 1 aromatic carbocycles. The van der Waals surface area contributed by atoms with Gasteiger partial charge in [-0.1, -0.05) is 45.7 Å². The average Bonchev–Trinajstić information content (AvgIpc) is 2.48. The van der Waals surface area contributed by atoms with Crippen LogP contribution in [-0.2, 0) is 0 Å². The van der Waals surface area contributed by atoms with E-state index in [4.69, 9.17) is 11.6 Å². The maximum absolute atomic E-state index is 14.3. The van der Waals surface area contributed by atoms with Gasteiger partial charge in [0, 0.05) is 30.2 Å². The molecule has 21 heavy (non-hydrogen) atoms. The van der Waals surface area contributed by atoms with Crippen LogP contribution in [0.4, 0.5) is 10.1 Å². The van der Waals surface area contributed by atoms with Crippen LogP contribution in [0.2, 0.25) is 5.02 Å². The number of hydrogen-bond donors (Lipinski definition) is 1. The minimum absolute atomic E-state index is 0.185. The van der Waals surface area contributed by atoms with Crippen LogP contribution >= 0.6 is 11.6 Å². The molecule has 2 nitrogen and oxygen atoms in total. The van der Waals surface area contributed by atoms with Gasteiger partial charge in [0.15, 0.2) is 0 Å².